The molecule has 1 aliphatic rings. The average Bonchev–Trinajstić information content (AvgIpc) is 2.86. The van der Waals surface area contributed by atoms with Gasteiger partial charge in [-0.25, -0.2) is 0 Å². The molecule has 0 aliphatic heterocycles. The van der Waals surface area contributed by atoms with Crippen molar-refractivity contribution in [2.24, 2.45) is 5.92 Å². The maximum absolute atomic E-state index is 11.9. The summed E-state index contributed by atoms with van der Waals surface area (Å²) in [6.07, 6.45) is 4.61. The number of carbonyl (C=O) groups is 1. The predicted molar refractivity (Wildman–Crippen MR) is 74.8 cm³/mol. The molecule has 0 saturated heterocycles. The topological polar surface area (TPSA) is 38.3 Å². The highest BCUT2D eigenvalue weighted by molar-refractivity contribution is 7.12. The van der Waals surface area contributed by atoms with E-state index in [1.54, 1.807) is 13.2 Å². The Balaban J connectivity index is 1.84. The van der Waals surface area contributed by atoms with Crippen LogP contribution in [0.25, 0.3) is 0 Å². The molecule has 0 aromatic carbocycles. The van der Waals surface area contributed by atoms with E-state index in [1.807, 2.05) is 5.38 Å². The van der Waals surface area contributed by atoms with Gasteiger partial charge in [-0.15, -0.1) is 22.9 Å². The first kappa shape index (κ1) is 13.7. The van der Waals surface area contributed by atoms with Gasteiger partial charge in [-0.2, -0.15) is 0 Å². The van der Waals surface area contributed by atoms with Crippen LogP contribution in [0, 0.1) is 5.92 Å². The maximum Gasteiger partial charge on any atom is 0.261 e. The Hall–Kier alpha value is -0.740. The van der Waals surface area contributed by atoms with Gasteiger partial charge in [0.05, 0.1) is 12.0 Å². The number of hydrogen-bond donors (Lipinski definition) is 1. The monoisotopic (exact) mass is 287 g/mol. The third kappa shape index (κ3) is 3.39. The van der Waals surface area contributed by atoms with E-state index in [-0.39, 0.29) is 11.3 Å². The van der Waals surface area contributed by atoms with Crippen LogP contribution >= 0.6 is 22.9 Å². The number of nitrogens with one attached hydrogen (secondary N) is 1. The van der Waals surface area contributed by atoms with E-state index in [4.69, 9.17) is 16.3 Å². The second kappa shape index (κ2) is 6.43. The van der Waals surface area contributed by atoms with E-state index in [9.17, 15) is 4.79 Å². The Bertz CT molecular complexity index is 407. The number of halogens is 1. The molecule has 1 heterocycles. The second-order valence-corrected chi connectivity index (χ2v) is 6.09. The molecule has 1 fully saturated rings. The standard InChI is InChI=1S/C13H18ClNO2S/c1-17-10-6-12(18-8-10)13(16)15-7-9-4-2-3-5-11(9)14/h6,8-9,11H,2-5,7H2,1H3,(H,15,16). The van der Waals surface area contributed by atoms with Crippen molar-refractivity contribution >= 4 is 28.8 Å². The van der Waals surface area contributed by atoms with Crippen molar-refractivity contribution in [1.82, 2.24) is 5.32 Å². The van der Waals surface area contributed by atoms with Gasteiger partial charge in [-0.3, -0.25) is 4.79 Å². The Morgan fingerprint density at radius 3 is 3.00 bits per heavy atom. The molecular weight excluding hydrogens is 270 g/mol. The number of amides is 1. The fourth-order valence-electron chi connectivity index (χ4n) is 2.25. The molecular formula is C13H18ClNO2S. The Kier molecular flexibility index (Phi) is 4.89. The number of rotatable bonds is 4. The average molecular weight is 288 g/mol. The predicted octanol–water partition coefficient (Wildman–Crippen LogP) is 3.28. The first-order valence-electron chi connectivity index (χ1n) is 6.25. The first-order chi connectivity index (χ1) is 8.70. The van der Waals surface area contributed by atoms with Crippen LogP contribution in [-0.4, -0.2) is 24.9 Å². The molecule has 2 rings (SSSR count). The van der Waals surface area contributed by atoms with Crippen LogP contribution < -0.4 is 10.1 Å². The molecule has 1 amide bonds. The summed E-state index contributed by atoms with van der Waals surface area (Å²) in [4.78, 5) is 12.6. The highest BCUT2D eigenvalue weighted by atomic mass is 35.5. The lowest BCUT2D eigenvalue weighted by Gasteiger charge is -2.26. The van der Waals surface area contributed by atoms with Gasteiger partial charge in [-0.05, 0) is 18.8 Å². The largest absolute Gasteiger partial charge is 0.496 e. The third-order valence-corrected chi connectivity index (χ3v) is 4.86. The molecule has 1 saturated carbocycles. The van der Waals surface area contributed by atoms with Gasteiger partial charge in [-0.1, -0.05) is 12.8 Å². The number of thiophene rings is 1. The lowest BCUT2D eigenvalue weighted by molar-refractivity contribution is 0.0948. The van der Waals surface area contributed by atoms with Crippen LogP contribution in [0.2, 0.25) is 0 Å². The van der Waals surface area contributed by atoms with Crippen molar-refractivity contribution in [2.45, 2.75) is 31.1 Å². The summed E-state index contributed by atoms with van der Waals surface area (Å²) in [6, 6.07) is 1.76. The van der Waals surface area contributed by atoms with Gasteiger partial charge in [0.15, 0.2) is 0 Å². The lowest BCUT2D eigenvalue weighted by Crippen LogP contribution is -2.34. The van der Waals surface area contributed by atoms with Gasteiger partial charge in [0.25, 0.3) is 5.91 Å². The van der Waals surface area contributed by atoms with Gasteiger partial charge in [0.1, 0.15) is 5.75 Å². The fraction of sp³-hybridized carbons (Fsp3) is 0.615. The molecule has 100 valence electrons. The fourth-order valence-corrected chi connectivity index (χ4v) is 3.39. The molecule has 0 radical (unpaired) electrons. The molecule has 18 heavy (non-hydrogen) atoms. The Morgan fingerprint density at radius 2 is 2.33 bits per heavy atom. The van der Waals surface area contributed by atoms with Crippen LogP contribution in [0.1, 0.15) is 35.4 Å². The van der Waals surface area contributed by atoms with Gasteiger partial charge >= 0.3 is 0 Å². The van der Waals surface area contributed by atoms with Crippen LogP contribution in [0.4, 0.5) is 0 Å². The summed E-state index contributed by atoms with van der Waals surface area (Å²) < 4.78 is 5.07. The third-order valence-electron chi connectivity index (χ3n) is 3.38. The van der Waals surface area contributed by atoms with Crippen molar-refractivity contribution < 1.29 is 9.53 Å². The van der Waals surface area contributed by atoms with E-state index in [0.29, 0.717) is 17.3 Å². The number of alkyl halides is 1. The Labute approximate surface area is 116 Å². The van der Waals surface area contributed by atoms with Crippen LogP contribution in [0.15, 0.2) is 11.4 Å². The summed E-state index contributed by atoms with van der Waals surface area (Å²) in [5, 5.41) is 5.01. The molecule has 1 N–H and O–H groups in total. The van der Waals surface area contributed by atoms with Crippen molar-refractivity contribution in [2.75, 3.05) is 13.7 Å². The van der Waals surface area contributed by atoms with E-state index in [0.717, 1.165) is 18.6 Å². The second-order valence-electron chi connectivity index (χ2n) is 4.62. The molecule has 0 bridgehead atoms. The SMILES string of the molecule is COc1csc(C(=O)NCC2CCCCC2Cl)c1. The van der Waals surface area contributed by atoms with Crippen molar-refractivity contribution in [3.63, 3.8) is 0 Å². The minimum absolute atomic E-state index is 0.0299. The minimum atomic E-state index is -0.0299. The van der Waals surface area contributed by atoms with Crippen LogP contribution in [0.5, 0.6) is 5.75 Å². The molecule has 3 nitrogen and oxygen atoms in total. The van der Waals surface area contributed by atoms with Crippen LogP contribution in [-0.2, 0) is 0 Å². The van der Waals surface area contributed by atoms with Gasteiger partial charge < -0.3 is 10.1 Å². The summed E-state index contributed by atoms with van der Waals surface area (Å²) >= 11 is 7.67. The zero-order valence-electron chi connectivity index (χ0n) is 10.4. The highest BCUT2D eigenvalue weighted by Crippen LogP contribution is 2.28. The summed E-state index contributed by atoms with van der Waals surface area (Å²) in [7, 11) is 1.60. The molecule has 1 aromatic rings. The van der Waals surface area contributed by atoms with Gasteiger partial charge in [0.2, 0.25) is 0 Å². The highest BCUT2D eigenvalue weighted by Gasteiger charge is 2.23. The molecule has 2 unspecified atom stereocenters. The smallest absolute Gasteiger partial charge is 0.261 e. The van der Waals surface area contributed by atoms with E-state index in [2.05, 4.69) is 5.32 Å². The number of methoxy groups -OCH3 is 1. The summed E-state index contributed by atoms with van der Waals surface area (Å²) in [5.41, 5.74) is 0. The molecule has 5 heteroatoms. The molecule has 1 aliphatic carbocycles. The van der Waals surface area contributed by atoms with Gasteiger partial charge in [0, 0.05) is 23.4 Å². The zero-order chi connectivity index (χ0) is 13.0. The molecule has 0 spiro atoms. The van der Waals surface area contributed by atoms with E-state index < -0.39 is 0 Å². The number of ether oxygens (including phenoxy) is 1. The number of carbonyl (C=O) groups excluding carboxylic acids is 1. The minimum Gasteiger partial charge on any atom is -0.496 e. The maximum atomic E-state index is 11.9. The van der Waals surface area contributed by atoms with Crippen molar-refractivity contribution in [1.29, 1.82) is 0 Å². The van der Waals surface area contributed by atoms with E-state index in [1.165, 1.54) is 24.2 Å². The van der Waals surface area contributed by atoms with Crippen molar-refractivity contribution in [3.8, 4) is 5.75 Å². The molecule has 1 aromatic heterocycles. The summed E-state index contributed by atoms with van der Waals surface area (Å²) in [6.45, 7) is 0.674. The van der Waals surface area contributed by atoms with Crippen molar-refractivity contribution in [3.05, 3.63) is 16.3 Å². The normalized spacial score (nSPS) is 23.7. The first-order valence-corrected chi connectivity index (χ1v) is 7.57. The Morgan fingerprint density at radius 1 is 1.56 bits per heavy atom. The summed E-state index contributed by atoms with van der Waals surface area (Å²) in [5.74, 6) is 1.11. The zero-order valence-corrected chi connectivity index (χ0v) is 12.0. The number of hydrogen-bond acceptors (Lipinski definition) is 3. The van der Waals surface area contributed by atoms with E-state index >= 15 is 0 Å². The molecule has 2 atom stereocenters. The lowest BCUT2D eigenvalue weighted by atomic mass is 9.89. The van der Waals surface area contributed by atoms with Crippen LogP contribution in [0.3, 0.4) is 0 Å². The quantitative estimate of drug-likeness (QED) is 0.863.